The van der Waals surface area contributed by atoms with Crippen LogP contribution in [0, 0.1) is 0 Å². The molecule has 0 saturated carbocycles. The Morgan fingerprint density at radius 2 is 1.10 bits per heavy atom. The maximum absolute atomic E-state index is 2.28. The van der Waals surface area contributed by atoms with Gasteiger partial charge in [-0.3, -0.25) is 0 Å². The van der Waals surface area contributed by atoms with Gasteiger partial charge in [-0.1, -0.05) is 0 Å². The van der Waals surface area contributed by atoms with E-state index in [9.17, 15) is 0 Å². The van der Waals surface area contributed by atoms with Gasteiger partial charge >= 0.3 is 143 Å². The molecular formula is C20H25Sn+3. The predicted octanol–water partition coefficient (Wildman–Crippen LogP) is 5.75. The molecule has 0 unspecified atom stereocenters. The topological polar surface area (TPSA) is 0 Å². The van der Waals surface area contributed by atoms with E-state index in [0.717, 1.165) is 0 Å². The Labute approximate surface area is 143 Å². The van der Waals surface area contributed by atoms with Crippen LogP contribution in [0.25, 0.3) is 0 Å². The monoisotopic (exact) mass is 385 g/mol. The van der Waals surface area contributed by atoms with E-state index in [1.54, 1.807) is 22.5 Å². The van der Waals surface area contributed by atoms with Crippen molar-refractivity contribution in [2.45, 2.75) is 48.9 Å². The van der Waals surface area contributed by atoms with Gasteiger partial charge in [0.25, 0.3) is 0 Å². The molecule has 0 fully saturated rings. The van der Waals surface area contributed by atoms with E-state index >= 15 is 0 Å². The zero-order valence-corrected chi connectivity index (χ0v) is 15.7. The maximum atomic E-state index is 2.28. The summed E-state index contributed by atoms with van der Waals surface area (Å²) in [5.41, 5.74) is 2.92. The second-order valence-corrected chi connectivity index (χ2v) is 7.11. The summed E-state index contributed by atoms with van der Waals surface area (Å²) in [5, 5.41) is 0. The van der Waals surface area contributed by atoms with Crippen LogP contribution >= 0.6 is 0 Å². The zero-order chi connectivity index (χ0) is 14.8. The number of unbranched alkanes of at least 4 members (excludes halogenated alkanes) is 4. The Morgan fingerprint density at radius 3 is 1.62 bits per heavy atom. The molecule has 0 aliphatic rings. The Bertz CT molecular complexity index is 438. The first-order valence-electron chi connectivity index (χ1n) is 8.16. The standard InChI is InChI=1S/C20H25.Sn/c1-2-3-4-5-12-17-20(18-13-8-6-9-14-18)19-15-10-7-11-16-19;/h6-11,13-16,20H,1-5,12,17H2;/q;+3. The van der Waals surface area contributed by atoms with Gasteiger partial charge in [0.05, 0.1) is 0 Å². The van der Waals surface area contributed by atoms with Crippen LogP contribution < -0.4 is 0 Å². The average Bonchev–Trinajstić information content (AvgIpc) is 2.56. The average molecular weight is 384 g/mol. The first-order valence-corrected chi connectivity index (χ1v) is 10.2. The molecule has 0 aliphatic heterocycles. The van der Waals surface area contributed by atoms with Crippen molar-refractivity contribution in [2.24, 2.45) is 0 Å². The zero-order valence-electron chi connectivity index (χ0n) is 12.8. The van der Waals surface area contributed by atoms with Gasteiger partial charge in [0.2, 0.25) is 0 Å². The molecule has 0 aromatic heterocycles. The third-order valence-corrected chi connectivity index (χ3v) is 5.08. The Kier molecular flexibility index (Phi) is 7.94. The van der Waals surface area contributed by atoms with Crippen molar-refractivity contribution in [3.8, 4) is 0 Å². The first-order chi connectivity index (χ1) is 10.4. The van der Waals surface area contributed by atoms with Crippen molar-refractivity contribution < 1.29 is 0 Å². The molecule has 2 rings (SSSR count). The fraction of sp³-hybridized carbons (Fsp3) is 0.400. The molecule has 0 N–H and O–H groups in total. The van der Waals surface area contributed by atoms with Crippen molar-refractivity contribution in [1.29, 1.82) is 0 Å². The van der Waals surface area contributed by atoms with E-state index in [2.05, 4.69) is 60.7 Å². The van der Waals surface area contributed by atoms with Crippen LogP contribution in [0.15, 0.2) is 60.7 Å². The molecule has 0 atom stereocenters. The number of rotatable bonds is 9. The number of hydrogen-bond donors (Lipinski definition) is 0. The molecule has 1 heteroatoms. The van der Waals surface area contributed by atoms with Gasteiger partial charge in [-0.2, -0.15) is 0 Å². The van der Waals surface area contributed by atoms with Gasteiger partial charge in [0, 0.05) is 0 Å². The third kappa shape index (κ3) is 5.86. The predicted molar refractivity (Wildman–Crippen MR) is 93.0 cm³/mol. The minimum absolute atomic E-state index is 0.559. The molecule has 0 saturated heterocycles. The second-order valence-electron chi connectivity index (χ2n) is 5.68. The van der Waals surface area contributed by atoms with Crippen LogP contribution in [0.3, 0.4) is 0 Å². The van der Waals surface area contributed by atoms with E-state index < -0.39 is 0 Å². The van der Waals surface area contributed by atoms with Crippen molar-refractivity contribution in [2.75, 3.05) is 0 Å². The van der Waals surface area contributed by atoms with Crippen molar-refractivity contribution in [3.05, 3.63) is 71.8 Å². The van der Waals surface area contributed by atoms with Gasteiger partial charge in [-0.25, -0.2) is 0 Å². The summed E-state index contributed by atoms with van der Waals surface area (Å²) in [4.78, 5) is 0. The molecule has 0 spiro atoms. The van der Waals surface area contributed by atoms with Crippen LogP contribution in [-0.2, 0) is 0 Å². The number of benzene rings is 2. The summed E-state index contributed by atoms with van der Waals surface area (Å²) in [7, 11) is 0. The Hall–Kier alpha value is -0.761. The van der Waals surface area contributed by atoms with Crippen molar-refractivity contribution in [1.82, 2.24) is 0 Å². The van der Waals surface area contributed by atoms with Crippen LogP contribution in [0.1, 0.15) is 55.6 Å². The first kappa shape index (κ1) is 16.6. The van der Waals surface area contributed by atoms with Crippen LogP contribution in [0.5, 0.6) is 0 Å². The Morgan fingerprint density at radius 1 is 0.619 bits per heavy atom. The minimum atomic E-state index is 0.559. The van der Waals surface area contributed by atoms with Gasteiger partial charge in [0.15, 0.2) is 0 Å². The fourth-order valence-corrected chi connectivity index (χ4v) is 3.61. The van der Waals surface area contributed by atoms with Gasteiger partial charge in [-0.05, 0) is 0 Å². The number of hydrogen-bond acceptors (Lipinski definition) is 0. The summed E-state index contributed by atoms with van der Waals surface area (Å²) in [6.45, 7) is 0. The van der Waals surface area contributed by atoms with Crippen LogP contribution in [-0.4, -0.2) is 22.5 Å². The van der Waals surface area contributed by atoms with Crippen molar-refractivity contribution in [3.63, 3.8) is 0 Å². The van der Waals surface area contributed by atoms with E-state index in [0.29, 0.717) is 5.92 Å². The van der Waals surface area contributed by atoms with Crippen LogP contribution in [0.4, 0.5) is 0 Å². The molecule has 0 nitrogen and oxygen atoms in total. The molecule has 0 amide bonds. The molecular weight excluding hydrogens is 359 g/mol. The molecule has 2 aromatic carbocycles. The third-order valence-electron chi connectivity index (χ3n) is 4.07. The Balaban J connectivity index is 1.94. The second kappa shape index (κ2) is 10.0. The molecule has 0 heterocycles. The summed E-state index contributed by atoms with van der Waals surface area (Å²) in [6, 6.07) is 22.0. The molecule has 0 aliphatic carbocycles. The molecule has 21 heavy (non-hydrogen) atoms. The molecule has 2 aromatic rings. The van der Waals surface area contributed by atoms with E-state index in [-0.39, 0.29) is 0 Å². The SMILES string of the molecule is [Sn+3][CH2]CCCCCCC(c1ccccc1)c1ccccc1. The molecule has 106 valence electrons. The molecule has 0 radical (unpaired) electrons. The summed E-state index contributed by atoms with van der Waals surface area (Å²) < 4.78 is 1.42. The summed E-state index contributed by atoms with van der Waals surface area (Å²) in [6.07, 6.45) is 8.25. The van der Waals surface area contributed by atoms with E-state index in [1.165, 1.54) is 54.1 Å². The normalized spacial score (nSPS) is 11.0. The van der Waals surface area contributed by atoms with Gasteiger partial charge in [-0.15, -0.1) is 0 Å². The fourth-order valence-electron chi connectivity index (χ4n) is 2.90. The van der Waals surface area contributed by atoms with E-state index in [1.807, 2.05) is 0 Å². The molecule has 0 bridgehead atoms. The van der Waals surface area contributed by atoms with Crippen molar-refractivity contribution >= 4 is 22.5 Å². The van der Waals surface area contributed by atoms with Gasteiger partial charge in [0.1, 0.15) is 0 Å². The van der Waals surface area contributed by atoms with E-state index in [4.69, 9.17) is 0 Å². The van der Waals surface area contributed by atoms with Crippen LogP contribution in [0.2, 0.25) is 4.44 Å². The quantitative estimate of drug-likeness (QED) is 0.382. The van der Waals surface area contributed by atoms with Gasteiger partial charge < -0.3 is 0 Å². The summed E-state index contributed by atoms with van der Waals surface area (Å²) >= 11 is 1.69. The summed E-state index contributed by atoms with van der Waals surface area (Å²) in [5.74, 6) is 0.559.